The molecule has 0 atom stereocenters. The summed E-state index contributed by atoms with van der Waals surface area (Å²) in [5.74, 6) is 0.0117. The van der Waals surface area contributed by atoms with E-state index in [9.17, 15) is 4.79 Å². The summed E-state index contributed by atoms with van der Waals surface area (Å²) < 4.78 is 0. The topological polar surface area (TPSA) is 20.3 Å². The highest BCUT2D eigenvalue weighted by Gasteiger charge is 2.14. The van der Waals surface area contributed by atoms with Gasteiger partial charge >= 0.3 is 0 Å². The highest BCUT2D eigenvalue weighted by Crippen LogP contribution is 2.22. The van der Waals surface area contributed by atoms with Gasteiger partial charge in [-0.05, 0) is 33.7 Å². The van der Waals surface area contributed by atoms with Crippen molar-refractivity contribution in [3.05, 3.63) is 113 Å². The molecule has 3 aromatic rings. The van der Waals surface area contributed by atoms with E-state index in [0.717, 1.165) is 16.7 Å². The zero-order valence-corrected chi connectivity index (χ0v) is 17.5. The van der Waals surface area contributed by atoms with Crippen LogP contribution < -0.4 is 0 Å². The second-order valence-electron chi connectivity index (χ2n) is 8.37. The zero-order valence-electron chi connectivity index (χ0n) is 17.5. The van der Waals surface area contributed by atoms with Crippen molar-refractivity contribution in [2.45, 2.75) is 39.3 Å². The number of carbonyl (C=O) groups excluding carboxylic acids is 1. The van der Waals surface area contributed by atoms with Crippen LogP contribution in [0.3, 0.4) is 0 Å². The highest BCUT2D eigenvalue weighted by molar-refractivity contribution is 5.91. The number of carbonyl (C=O) groups is 1. The van der Waals surface area contributed by atoms with E-state index in [1.54, 1.807) is 6.08 Å². The summed E-state index contributed by atoms with van der Waals surface area (Å²) in [4.78, 5) is 14.9. The molecular formula is C27H29NO. The molecule has 0 aliphatic heterocycles. The Kier molecular flexibility index (Phi) is 6.66. The molecule has 0 aliphatic carbocycles. The third kappa shape index (κ3) is 6.18. The monoisotopic (exact) mass is 383 g/mol. The molecule has 3 aromatic carbocycles. The van der Waals surface area contributed by atoms with Crippen LogP contribution in [0.4, 0.5) is 0 Å². The summed E-state index contributed by atoms with van der Waals surface area (Å²) in [5, 5.41) is 0. The largest absolute Gasteiger partial charge is 0.331 e. The average molecular weight is 384 g/mol. The molecule has 1 amide bonds. The Morgan fingerprint density at radius 3 is 1.69 bits per heavy atom. The van der Waals surface area contributed by atoms with E-state index in [4.69, 9.17) is 0 Å². The maximum Gasteiger partial charge on any atom is 0.247 e. The van der Waals surface area contributed by atoms with Crippen LogP contribution in [-0.4, -0.2) is 10.8 Å². The van der Waals surface area contributed by atoms with E-state index in [1.807, 2.05) is 47.4 Å². The number of hydrogen-bond donors (Lipinski definition) is 0. The van der Waals surface area contributed by atoms with E-state index in [2.05, 4.69) is 69.3 Å². The molecule has 0 saturated carbocycles. The van der Waals surface area contributed by atoms with Crippen molar-refractivity contribution in [3.63, 3.8) is 0 Å². The second kappa shape index (κ2) is 9.38. The third-order valence-electron chi connectivity index (χ3n) is 4.94. The van der Waals surface area contributed by atoms with Gasteiger partial charge in [-0.1, -0.05) is 106 Å². The van der Waals surface area contributed by atoms with Crippen molar-refractivity contribution < 1.29 is 4.79 Å². The van der Waals surface area contributed by atoms with Crippen LogP contribution in [-0.2, 0) is 23.3 Å². The predicted molar refractivity (Wildman–Crippen MR) is 121 cm³/mol. The highest BCUT2D eigenvalue weighted by atomic mass is 16.2. The van der Waals surface area contributed by atoms with Crippen molar-refractivity contribution in [1.29, 1.82) is 0 Å². The molecule has 0 saturated heterocycles. The van der Waals surface area contributed by atoms with E-state index in [0.29, 0.717) is 13.1 Å². The number of benzene rings is 3. The van der Waals surface area contributed by atoms with Crippen LogP contribution in [0.2, 0.25) is 0 Å². The van der Waals surface area contributed by atoms with Crippen LogP contribution in [0.1, 0.15) is 43.0 Å². The first kappa shape index (κ1) is 20.6. The lowest BCUT2D eigenvalue weighted by Gasteiger charge is -2.22. The predicted octanol–water partition coefficient (Wildman–Crippen LogP) is 6.23. The maximum atomic E-state index is 13.0. The molecule has 2 nitrogen and oxygen atoms in total. The fraction of sp³-hybridized carbons (Fsp3) is 0.222. The number of nitrogens with zero attached hydrogens (tertiary/aromatic N) is 1. The molecule has 0 aromatic heterocycles. The molecule has 0 aliphatic rings. The van der Waals surface area contributed by atoms with Crippen LogP contribution in [0.5, 0.6) is 0 Å². The Labute approximate surface area is 174 Å². The normalized spacial score (nSPS) is 11.6. The van der Waals surface area contributed by atoms with Gasteiger partial charge in [-0.2, -0.15) is 0 Å². The summed E-state index contributed by atoms with van der Waals surface area (Å²) in [6.45, 7) is 7.77. The fourth-order valence-electron chi connectivity index (χ4n) is 3.19. The Hall–Kier alpha value is -3.13. The minimum Gasteiger partial charge on any atom is -0.331 e. The van der Waals surface area contributed by atoms with Crippen molar-refractivity contribution in [2.24, 2.45) is 0 Å². The van der Waals surface area contributed by atoms with Crippen molar-refractivity contribution in [1.82, 2.24) is 4.90 Å². The Bertz CT molecular complexity index is 894. The minimum absolute atomic E-state index is 0.0117. The quantitative estimate of drug-likeness (QED) is 0.462. The van der Waals surface area contributed by atoms with Gasteiger partial charge in [0.05, 0.1) is 0 Å². The van der Waals surface area contributed by atoms with Crippen LogP contribution >= 0.6 is 0 Å². The number of rotatable bonds is 6. The van der Waals surface area contributed by atoms with Gasteiger partial charge in [-0.25, -0.2) is 0 Å². The van der Waals surface area contributed by atoms with Crippen molar-refractivity contribution in [2.75, 3.05) is 0 Å². The lowest BCUT2D eigenvalue weighted by atomic mass is 9.87. The lowest BCUT2D eigenvalue weighted by Crippen LogP contribution is -2.28. The first-order valence-electron chi connectivity index (χ1n) is 10.1. The van der Waals surface area contributed by atoms with Crippen LogP contribution in [0.15, 0.2) is 91.0 Å². The van der Waals surface area contributed by atoms with E-state index in [-0.39, 0.29) is 11.3 Å². The zero-order chi connectivity index (χ0) is 20.7. The van der Waals surface area contributed by atoms with Gasteiger partial charge in [-0.3, -0.25) is 4.79 Å². The van der Waals surface area contributed by atoms with Gasteiger partial charge in [0.2, 0.25) is 5.91 Å². The van der Waals surface area contributed by atoms with Gasteiger partial charge in [0, 0.05) is 19.2 Å². The van der Waals surface area contributed by atoms with Gasteiger partial charge in [-0.15, -0.1) is 0 Å². The molecule has 0 spiro atoms. The van der Waals surface area contributed by atoms with Gasteiger partial charge in [0.15, 0.2) is 0 Å². The first-order chi connectivity index (χ1) is 13.9. The van der Waals surface area contributed by atoms with Crippen LogP contribution in [0.25, 0.3) is 6.08 Å². The summed E-state index contributed by atoms with van der Waals surface area (Å²) in [6.07, 6.45) is 3.58. The molecule has 0 N–H and O–H groups in total. The van der Waals surface area contributed by atoms with Crippen LogP contribution in [0, 0.1) is 0 Å². The molecule has 29 heavy (non-hydrogen) atoms. The Balaban J connectivity index is 1.75. The maximum absolute atomic E-state index is 13.0. The summed E-state index contributed by atoms with van der Waals surface area (Å²) in [7, 11) is 0. The van der Waals surface area contributed by atoms with Crippen molar-refractivity contribution >= 4 is 12.0 Å². The summed E-state index contributed by atoms with van der Waals surface area (Å²) in [5.41, 5.74) is 4.70. The molecule has 148 valence electrons. The number of amides is 1. The SMILES string of the molecule is CC(C)(C)c1ccc(C=CC(=O)N(Cc2ccccc2)Cc2ccccc2)cc1. The minimum atomic E-state index is 0.0117. The molecule has 0 fully saturated rings. The molecule has 0 unspecified atom stereocenters. The Morgan fingerprint density at radius 2 is 1.24 bits per heavy atom. The molecule has 2 heteroatoms. The molecule has 0 radical (unpaired) electrons. The molecule has 3 rings (SSSR count). The van der Waals surface area contributed by atoms with E-state index < -0.39 is 0 Å². The second-order valence-corrected chi connectivity index (χ2v) is 8.37. The van der Waals surface area contributed by atoms with Gasteiger partial charge in [0.25, 0.3) is 0 Å². The molecular weight excluding hydrogens is 354 g/mol. The van der Waals surface area contributed by atoms with E-state index in [1.165, 1.54) is 5.56 Å². The fourth-order valence-corrected chi connectivity index (χ4v) is 3.19. The summed E-state index contributed by atoms with van der Waals surface area (Å²) in [6, 6.07) is 28.7. The van der Waals surface area contributed by atoms with Gasteiger partial charge < -0.3 is 4.90 Å². The van der Waals surface area contributed by atoms with Gasteiger partial charge in [0.1, 0.15) is 0 Å². The lowest BCUT2D eigenvalue weighted by molar-refractivity contribution is -0.127. The summed E-state index contributed by atoms with van der Waals surface area (Å²) >= 11 is 0. The standard InChI is InChI=1S/C27H29NO/c1-27(2,3)25-17-14-22(15-18-25)16-19-26(29)28(20-23-10-6-4-7-11-23)21-24-12-8-5-9-13-24/h4-19H,20-21H2,1-3H3. The average Bonchev–Trinajstić information content (AvgIpc) is 2.73. The van der Waals surface area contributed by atoms with E-state index >= 15 is 0 Å². The third-order valence-corrected chi connectivity index (χ3v) is 4.94. The molecule has 0 bridgehead atoms. The van der Waals surface area contributed by atoms with Crippen molar-refractivity contribution in [3.8, 4) is 0 Å². The number of hydrogen-bond acceptors (Lipinski definition) is 1. The molecule has 0 heterocycles. The first-order valence-corrected chi connectivity index (χ1v) is 10.1. The Morgan fingerprint density at radius 1 is 0.759 bits per heavy atom. The smallest absolute Gasteiger partial charge is 0.247 e.